The van der Waals surface area contributed by atoms with Gasteiger partial charge in [0.05, 0.1) is 18.7 Å². The number of fused-ring (bicyclic) bond motifs is 1. The van der Waals surface area contributed by atoms with Crippen molar-refractivity contribution in [2.24, 2.45) is 11.8 Å². The number of ether oxygens (including phenoxy) is 1. The molecule has 140 valence electrons. The maximum absolute atomic E-state index is 12.7. The predicted octanol–water partition coefficient (Wildman–Crippen LogP) is 1.18. The predicted molar refractivity (Wildman–Crippen MR) is 95.9 cm³/mol. The Labute approximate surface area is 151 Å². The molecule has 3 fully saturated rings. The Morgan fingerprint density at radius 2 is 1.96 bits per heavy atom. The number of piperazine rings is 1. The Hall–Kier alpha value is -1.16. The fourth-order valence-corrected chi connectivity index (χ4v) is 4.50. The topological polar surface area (TPSA) is 59.8 Å². The first-order valence-corrected chi connectivity index (χ1v) is 9.84. The molecule has 3 saturated heterocycles. The summed E-state index contributed by atoms with van der Waals surface area (Å²) in [5.41, 5.74) is 0. The normalized spacial score (nSPS) is 29.9. The summed E-state index contributed by atoms with van der Waals surface area (Å²) in [4.78, 5) is 19.2. The van der Waals surface area contributed by atoms with Crippen molar-refractivity contribution in [3.63, 3.8) is 0 Å². The molecule has 0 N–H and O–H groups in total. The largest absolute Gasteiger partial charge is 0.378 e. The molecule has 0 spiro atoms. The average molecular weight is 348 g/mol. The van der Waals surface area contributed by atoms with Crippen LogP contribution >= 0.6 is 0 Å². The SMILES string of the molecule is CC(C)[C@H](C#N)N1CCN(C(=O)CN2CC[C@@H]3OCCC[C@H]3C2)CC1. The van der Waals surface area contributed by atoms with Crippen LogP contribution in [0.15, 0.2) is 0 Å². The molecule has 0 aromatic heterocycles. The first kappa shape index (κ1) is 18.6. The molecule has 3 aliphatic heterocycles. The van der Waals surface area contributed by atoms with Crippen molar-refractivity contribution in [2.75, 3.05) is 52.4 Å². The van der Waals surface area contributed by atoms with Gasteiger partial charge in [0.15, 0.2) is 0 Å². The van der Waals surface area contributed by atoms with Crippen LogP contribution in [0.1, 0.15) is 33.1 Å². The molecular formula is C19H32N4O2. The van der Waals surface area contributed by atoms with Gasteiger partial charge in [-0.05, 0) is 31.1 Å². The third-order valence-corrected chi connectivity index (χ3v) is 5.98. The molecule has 3 rings (SSSR count). The minimum Gasteiger partial charge on any atom is -0.378 e. The third-order valence-electron chi connectivity index (χ3n) is 5.98. The number of hydrogen-bond donors (Lipinski definition) is 0. The second-order valence-corrected chi connectivity index (χ2v) is 8.07. The highest BCUT2D eigenvalue weighted by molar-refractivity contribution is 5.78. The van der Waals surface area contributed by atoms with Crippen LogP contribution in [0.5, 0.6) is 0 Å². The quantitative estimate of drug-likeness (QED) is 0.763. The van der Waals surface area contributed by atoms with Gasteiger partial charge in [-0.3, -0.25) is 14.6 Å². The fourth-order valence-electron chi connectivity index (χ4n) is 4.50. The molecule has 1 amide bonds. The number of carbonyl (C=O) groups excluding carboxylic acids is 1. The molecule has 3 atom stereocenters. The lowest BCUT2D eigenvalue weighted by Crippen LogP contribution is -2.55. The lowest BCUT2D eigenvalue weighted by molar-refractivity contribution is -0.136. The number of carbonyl (C=O) groups is 1. The van der Waals surface area contributed by atoms with E-state index in [1.54, 1.807) is 0 Å². The van der Waals surface area contributed by atoms with E-state index in [0.717, 1.165) is 58.7 Å². The molecule has 0 aromatic carbocycles. The zero-order chi connectivity index (χ0) is 17.8. The average Bonchev–Trinajstić information content (AvgIpc) is 2.62. The minimum absolute atomic E-state index is 0.0393. The van der Waals surface area contributed by atoms with Gasteiger partial charge in [0.25, 0.3) is 0 Å². The maximum atomic E-state index is 12.7. The standard InChI is InChI=1S/C19H32N4O2/c1-15(2)17(12-20)22-7-9-23(10-8-22)19(24)14-21-6-5-18-16(13-21)4-3-11-25-18/h15-18H,3-11,13-14H2,1-2H3/t16-,17-,18-/m0/s1. The molecule has 3 heterocycles. The zero-order valence-corrected chi connectivity index (χ0v) is 15.7. The lowest BCUT2D eigenvalue weighted by atomic mass is 9.88. The van der Waals surface area contributed by atoms with Crippen molar-refractivity contribution >= 4 is 5.91 Å². The van der Waals surface area contributed by atoms with Crippen LogP contribution in [-0.2, 0) is 9.53 Å². The number of amides is 1. The smallest absolute Gasteiger partial charge is 0.236 e. The van der Waals surface area contributed by atoms with E-state index in [9.17, 15) is 10.1 Å². The van der Waals surface area contributed by atoms with Gasteiger partial charge >= 0.3 is 0 Å². The molecule has 0 radical (unpaired) electrons. The maximum Gasteiger partial charge on any atom is 0.236 e. The Kier molecular flexibility index (Phi) is 6.32. The summed E-state index contributed by atoms with van der Waals surface area (Å²) in [6, 6.07) is 2.37. The van der Waals surface area contributed by atoms with Gasteiger partial charge in [-0.15, -0.1) is 0 Å². The monoisotopic (exact) mass is 348 g/mol. The van der Waals surface area contributed by atoms with E-state index in [4.69, 9.17) is 4.74 Å². The lowest BCUT2D eigenvalue weighted by Gasteiger charge is -2.42. The van der Waals surface area contributed by atoms with E-state index < -0.39 is 0 Å². The number of rotatable bonds is 4. The van der Waals surface area contributed by atoms with Crippen LogP contribution in [0, 0.1) is 23.2 Å². The number of piperidine rings is 1. The summed E-state index contributed by atoms with van der Waals surface area (Å²) >= 11 is 0. The molecule has 25 heavy (non-hydrogen) atoms. The zero-order valence-electron chi connectivity index (χ0n) is 15.7. The second kappa shape index (κ2) is 8.48. The third kappa shape index (κ3) is 4.52. The van der Waals surface area contributed by atoms with Gasteiger partial charge in [-0.2, -0.15) is 5.26 Å². The molecule has 0 aromatic rings. The summed E-state index contributed by atoms with van der Waals surface area (Å²) in [5.74, 6) is 1.17. The first-order chi connectivity index (χ1) is 12.1. The number of hydrogen-bond acceptors (Lipinski definition) is 5. The molecule has 0 unspecified atom stereocenters. The molecule has 0 saturated carbocycles. The van der Waals surface area contributed by atoms with E-state index in [1.165, 1.54) is 6.42 Å². The summed E-state index contributed by atoms with van der Waals surface area (Å²) in [6.45, 7) is 10.7. The van der Waals surface area contributed by atoms with Crippen LogP contribution < -0.4 is 0 Å². The second-order valence-electron chi connectivity index (χ2n) is 8.07. The van der Waals surface area contributed by atoms with E-state index in [-0.39, 0.29) is 11.9 Å². The fraction of sp³-hybridized carbons (Fsp3) is 0.895. The van der Waals surface area contributed by atoms with Gasteiger partial charge < -0.3 is 9.64 Å². The minimum atomic E-state index is -0.0393. The molecule has 3 aliphatic rings. The van der Waals surface area contributed by atoms with Gasteiger partial charge in [-0.25, -0.2) is 0 Å². The van der Waals surface area contributed by atoms with E-state index in [0.29, 0.717) is 24.5 Å². The van der Waals surface area contributed by atoms with Crippen molar-refractivity contribution < 1.29 is 9.53 Å². The Morgan fingerprint density at radius 3 is 2.64 bits per heavy atom. The highest BCUT2D eigenvalue weighted by atomic mass is 16.5. The Morgan fingerprint density at radius 1 is 1.20 bits per heavy atom. The highest BCUT2D eigenvalue weighted by Gasteiger charge is 2.34. The van der Waals surface area contributed by atoms with Gasteiger partial charge in [0.2, 0.25) is 5.91 Å². The molecule has 0 aliphatic carbocycles. The van der Waals surface area contributed by atoms with Crippen LogP contribution in [0.2, 0.25) is 0 Å². The summed E-state index contributed by atoms with van der Waals surface area (Å²) < 4.78 is 5.86. The van der Waals surface area contributed by atoms with Gasteiger partial charge in [-0.1, -0.05) is 13.8 Å². The van der Waals surface area contributed by atoms with E-state index in [2.05, 4.69) is 29.7 Å². The Bertz CT molecular complexity index is 496. The van der Waals surface area contributed by atoms with Crippen molar-refractivity contribution in [2.45, 2.75) is 45.3 Å². The van der Waals surface area contributed by atoms with Crippen molar-refractivity contribution in [1.29, 1.82) is 5.26 Å². The molecule has 6 heteroatoms. The molecule has 6 nitrogen and oxygen atoms in total. The number of nitriles is 1. The van der Waals surface area contributed by atoms with Crippen molar-refractivity contribution in [3.8, 4) is 6.07 Å². The van der Waals surface area contributed by atoms with Crippen LogP contribution in [-0.4, -0.2) is 85.2 Å². The van der Waals surface area contributed by atoms with Crippen LogP contribution in [0.25, 0.3) is 0 Å². The Balaban J connectivity index is 1.44. The summed E-state index contributed by atoms with van der Waals surface area (Å²) in [6.07, 6.45) is 3.87. The first-order valence-electron chi connectivity index (χ1n) is 9.84. The van der Waals surface area contributed by atoms with Crippen molar-refractivity contribution in [1.82, 2.24) is 14.7 Å². The van der Waals surface area contributed by atoms with Gasteiger partial charge in [0.1, 0.15) is 6.04 Å². The molecule has 0 bridgehead atoms. The number of likely N-dealkylation sites (tertiary alicyclic amines) is 1. The van der Waals surface area contributed by atoms with E-state index >= 15 is 0 Å². The summed E-state index contributed by atoms with van der Waals surface area (Å²) in [5, 5.41) is 9.35. The van der Waals surface area contributed by atoms with Crippen LogP contribution in [0.4, 0.5) is 0 Å². The highest BCUT2D eigenvalue weighted by Crippen LogP contribution is 2.28. The molecular weight excluding hydrogens is 316 g/mol. The van der Waals surface area contributed by atoms with E-state index in [1.807, 2.05) is 4.90 Å². The summed E-state index contributed by atoms with van der Waals surface area (Å²) in [7, 11) is 0. The van der Waals surface area contributed by atoms with Crippen LogP contribution in [0.3, 0.4) is 0 Å². The van der Waals surface area contributed by atoms with Gasteiger partial charge in [0, 0.05) is 45.9 Å². The number of nitrogens with zero attached hydrogens (tertiary/aromatic N) is 4. The van der Waals surface area contributed by atoms with Crippen molar-refractivity contribution in [3.05, 3.63) is 0 Å².